The van der Waals surface area contributed by atoms with Gasteiger partial charge in [-0.2, -0.15) is 0 Å². The zero-order valence-electron chi connectivity index (χ0n) is 12.1. The molecule has 1 heterocycles. The fourth-order valence-electron chi connectivity index (χ4n) is 2.59. The van der Waals surface area contributed by atoms with E-state index in [0.29, 0.717) is 5.54 Å². The van der Waals surface area contributed by atoms with E-state index in [2.05, 4.69) is 51.8 Å². The molecule has 2 nitrogen and oxygen atoms in total. The molecule has 1 unspecified atom stereocenters. The standard InChI is InChI=1S/C14H30N2/c1-7-8-12(2)9-16-11-13(3,4)15-10-14(16,5)6/h12,15H,7-11H2,1-6H3. The summed E-state index contributed by atoms with van der Waals surface area (Å²) in [5.74, 6) is 0.818. The first-order chi connectivity index (χ1) is 7.27. The first-order valence-electron chi connectivity index (χ1n) is 6.77. The molecule has 16 heavy (non-hydrogen) atoms. The molecule has 1 saturated heterocycles. The number of piperazine rings is 1. The predicted molar refractivity (Wildman–Crippen MR) is 71.8 cm³/mol. The normalized spacial score (nSPS) is 26.6. The molecule has 0 bridgehead atoms. The zero-order valence-corrected chi connectivity index (χ0v) is 12.1. The lowest BCUT2D eigenvalue weighted by atomic mass is 9.90. The van der Waals surface area contributed by atoms with Gasteiger partial charge in [-0.3, -0.25) is 4.90 Å². The fraction of sp³-hybridized carbons (Fsp3) is 1.00. The molecule has 0 aromatic carbocycles. The third-order valence-corrected chi connectivity index (χ3v) is 3.76. The molecule has 1 fully saturated rings. The smallest absolute Gasteiger partial charge is 0.0278 e. The van der Waals surface area contributed by atoms with Gasteiger partial charge in [0.2, 0.25) is 0 Å². The highest BCUT2D eigenvalue weighted by Crippen LogP contribution is 2.25. The molecule has 0 aromatic rings. The fourth-order valence-corrected chi connectivity index (χ4v) is 2.59. The zero-order chi connectivity index (χ0) is 12.4. The molecule has 1 atom stereocenters. The van der Waals surface area contributed by atoms with Crippen LogP contribution in [0.25, 0.3) is 0 Å². The average Bonchev–Trinajstić information content (AvgIpc) is 2.12. The second-order valence-electron chi connectivity index (χ2n) is 6.82. The average molecular weight is 226 g/mol. The molecule has 1 aliphatic rings. The second kappa shape index (κ2) is 5.05. The van der Waals surface area contributed by atoms with E-state index < -0.39 is 0 Å². The van der Waals surface area contributed by atoms with E-state index in [1.165, 1.54) is 19.4 Å². The first-order valence-corrected chi connectivity index (χ1v) is 6.77. The van der Waals surface area contributed by atoms with E-state index in [-0.39, 0.29) is 5.54 Å². The summed E-state index contributed by atoms with van der Waals surface area (Å²) in [6, 6.07) is 0. The molecule has 1 aliphatic heterocycles. The third kappa shape index (κ3) is 3.74. The predicted octanol–water partition coefficient (Wildman–Crippen LogP) is 2.89. The van der Waals surface area contributed by atoms with Crippen LogP contribution in [-0.4, -0.2) is 35.6 Å². The highest BCUT2D eigenvalue weighted by molar-refractivity contribution is 4.97. The summed E-state index contributed by atoms with van der Waals surface area (Å²) in [5, 5.41) is 3.64. The van der Waals surface area contributed by atoms with Gasteiger partial charge in [-0.25, -0.2) is 0 Å². The quantitative estimate of drug-likeness (QED) is 0.793. The minimum absolute atomic E-state index is 0.265. The van der Waals surface area contributed by atoms with Gasteiger partial charge in [0.05, 0.1) is 0 Å². The lowest BCUT2D eigenvalue weighted by molar-refractivity contribution is 0.0271. The Morgan fingerprint density at radius 3 is 2.44 bits per heavy atom. The Hall–Kier alpha value is -0.0800. The van der Waals surface area contributed by atoms with Crippen molar-refractivity contribution in [1.82, 2.24) is 10.2 Å². The molecule has 0 radical (unpaired) electrons. The number of nitrogens with zero attached hydrogens (tertiary/aromatic N) is 1. The maximum absolute atomic E-state index is 3.64. The summed E-state index contributed by atoms with van der Waals surface area (Å²) in [7, 11) is 0. The molecule has 0 spiro atoms. The third-order valence-electron chi connectivity index (χ3n) is 3.76. The Morgan fingerprint density at radius 2 is 1.88 bits per heavy atom. The van der Waals surface area contributed by atoms with E-state index in [0.717, 1.165) is 19.0 Å². The maximum Gasteiger partial charge on any atom is 0.0278 e. The first kappa shape index (κ1) is 14.0. The van der Waals surface area contributed by atoms with Crippen molar-refractivity contribution in [3.8, 4) is 0 Å². The van der Waals surface area contributed by atoms with Crippen LogP contribution in [0.4, 0.5) is 0 Å². The highest BCUT2D eigenvalue weighted by atomic mass is 15.3. The molecule has 1 rings (SSSR count). The van der Waals surface area contributed by atoms with Crippen molar-refractivity contribution in [3.63, 3.8) is 0 Å². The lowest BCUT2D eigenvalue weighted by Gasteiger charge is -2.50. The van der Waals surface area contributed by atoms with Crippen molar-refractivity contribution < 1.29 is 0 Å². The van der Waals surface area contributed by atoms with Crippen molar-refractivity contribution in [2.24, 2.45) is 5.92 Å². The molecule has 96 valence electrons. The number of hydrogen-bond donors (Lipinski definition) is 1. The highest BCUT2D eigenvalue weighted by Gasteiger charge is 2.37. The minimum atomic E-state index is 0.265. The lowest BCUT2D eigenvalue weighted by Crippen LogP contribution is -2.66. The Morgan fingerprint density at radius 1 is 1.25 bits per heavy atom. The summed E-state index contributed by atoms with van der Waals surface area (Å²) in [4.78, 5) is 2.67. The molecular formula is C14H30N2. The Balaban J connectivity index is 2.59. The topological polar surface area (TPSA) is 15.3 Å². The summed E-state index contributed by atoms with van der Waals surface area (Å²) >= 11 is 0. The van der Waals surface area contributed by atoms with Crippen LogP contribution in [0.15, 0.2) is 0 Å². The van der Waals surface area contributed by atoms with E-state index in [1.807, 2.05) is 0 Å². The van der Waals surface area contributed by atoms with Crippen LogP contribution in [0.5, 0.6) is 0 Å². The molecule has 0 amide bonds. The van der Waals surface area contributed by atoms with Crippen LogP contribution in [0, 0.1) is 5.92 Å². The Kier molecular flexibility index (Phi) is 4.42. The Bertz CT molecular complexity index is 221. The SMILES string of the molecule is CCCC(C)CN1CC(C)(C)NCC1(C)C. The molecule has 2 heteroatoms. The molecule has 0 saturated carbocycles. The van der Waals surface area contributed by atoms with Crippen LogP contribution in [0.3, 0.4) is 0 Å². The van der Waals surface area contributed by atoms with E-state index in [4.69, 9.17) is 0 Å². The molecule has 0 aromatic heterocycles. The summed E-state index contributed by atoms with van der Waals surface area (Å²) in [5.41, 5.74) is 0.568. The molecule has 1 N–H and O–H groups in total. The van der Waals surface area contributed by atoms with Gasteiger partial charge in [0.25, 0.3) is 0 Å². The van der Waals surface area contributed by atoms with Crippen molar-refractivity contribution in [2.75, 3.05) is 19.6 Å². The maximum atomic E-state index is 3.64. The molecular weight excluding hydrogens is 196 g/mol. The van der Waals surface area contributed by atoms with Gasteiger partial charge in [0, 0.05) is 30.7 Å². The van der Waals surface area contributed by atoms with Crippen LogP contribution < -0.4 is 5.32 Å². The number of rotatable bonds is 4. The summed E-state index contributed by atoms with van der Waals surface area (Å²) in [6.07, 6.45) is 2.65. The Labute approximate surface area is 102 Å². The van der Waals surface area contributed by atoms with Crippen molar-refractivity contribution >= 4 is 0 Å². The largest absolute Gasteiger partial charge is 0.309 e. The van der Waals surface area contributed by atoms with Crippen molar-refractivity contribution in [3.05, 3.63) is 0 Å². The second-order valence-corrected chi connectivity index (χ2v) is 6.82. The van der Waals surface area contributed by atoms with E-state index in [9.17, 15) is 0 Å². The van der Waals surface area contributed by atoms with Crippen LogP contribution in [0.1, 0.15) is 54.4 Å². The number of nitrogens with one attached hydrogen (secondary N) is 1. The summed E-state index contributed by atoms with van der Waals surface area (Å²) < 4.78 is 0. The van der Waals surface area contributed by atoms with E-state index >= 15 is 0 Å². The van der Waals surface area contributed by atoms with Gasteiger partial charge in [0.1, 0.15) is 0 Å². The van der Waals surface area contributed by atoms with E-state index in [1.54, 1.807) is 0 Å². The van der Waals surface area contributed by atoms with Gasteiger partial charge in [-0.15, -0.1) is 0 Å². The van der Waals surface area contributed by atoms with Gasteiger partial charge >= 0.3 is 0 Å². The van der Waals surface area contributed by atoms with Crippen molar-refractivity contribution in [1.29, 1.82) is 0 Å². The van der Waals surface area contributed by atoms with Crippen LogP contribution >= 0.6 is 0 Å². The number of hydrogen-bond acceptors (Lipinski definition) is 2. The van der Waals surface area contributed by atoms with Crippen LogP contribution in [0.2, 0.25) is 0 Å². The van der Waals surface area contributed by atoms with Gasteiger partial charge < -0.3 is 5.32 Å². The molecule has 0 aliphatic carbocycles. The van der Waals surface area contributed by atoms with Crippen molar-refractivity contribution in [2.45, 2.75) is 65.5 Å². The van der Waals surface area contributed by atoms with Crippen LogP contribution in [-0.2, 0) is 0 Å². The monoisotopic (exact) mass is 226 g/mol. The summed E-state index contributed by atoms with van der Waals surface area (Å²) in [6.45, 7) is 17.5. The van der Waals surface area contributed by atoms with Gasteiger partial charge in [-0.1, -0.05) is 20.3 Å². The minimum Gasteiger partial charge on any atom is -0.309 e. The van der Waals surface area contributed by atoms with Gasteiger partial charge in [0.15, 0.2) is 0 Å². The van der Waals surface area contributed by atoms with Gasteiger partial charge in [-0.05, 0) is 40.0 Å².